The van der Waals surface area contributed by atoms with Crippen LogP contribution in [0.2, 0.25) is 0 Å². The summed E-state index contributed by atoms with van der Waals surface area (Å²) >= 11 is 0. The number of carbonyl (C=O) groups excluding carboxylic acids is 1. The highest BCUT2D eigenvalue weighted by Gasteiger charge is 2.33. The largest absolute Gasteiger partial charge is 0.335 e. The number of rotatable bonds is 2. The van der Waals surface area contributed by atoms with Gasteiger partial charge in [0, 0.05) is 18.5 Å². The molecule has 1 aromatic carbocycles. The van der Waals surface area contributed by atoms with Crippen LogP contribution in [0.1, 0.15) is 40.7 Å². The summed E-state index contributed by atoms with van der Waals surface area (Å²) in [4.78, 5) is 14.5. The smallest absolute Gasteiger partial charge is 0.255 e. The number of hydrogen-bond donors (Lipinski definition) is 0. The van der Waals surface area contributed by atoms with Crippen molar-refractivity contribution >= 4 is 5.91 Å². The quantitative estimate of drug-likeness (QED) is 0.850. The van der Waals surface area contributed by atoms with Crippen molar-refractivity contribution in [1.82, 2.24) is 15.1 Å². The number of amides is 1. The summed E-state index contributed by atoms with van der Waals surface area (Å²) in [5.74, 6) is 0.464. The number of likely N-dealkylation sites (tertiary alicyclic amines) is 1. The third-order valence-electron chi connectivity index (χ3n) is 4.22. The summed E-state index contributed by atoms with van der Waals surface area (Å²) in [5, 5.41) is 7.52. The molecule has 0 spiro atoms. The third-order valence-corrected chi connectivity index (χ3v) is 4.22. The Kier molecular flexibility index (Phi) is 3.69. The molecule has 2 aromatic rings. The first-order chi connectivity index (χ1) is 10.1. The maximum absolute atomic E-state index is 12.5. The van der Waals surface area contributed by atoms with Crippen molar-refractivity contribution in [1.29, 1.82) is 0 Å². The molecule has 4 heteroatoms. The Morgan fingerprint density at radius 1 is 1.19 bits per heavy atom. The number of carbonyl (C=O) groups is 1. The van der Waals surface area contributed by atoms with Crippen LogP contribution in [-0.2, 0) is 0 Å². The second-order valence-electron chi connectivity index (χ2n) is 5.78. The van der Waals surface area contributed by atoms with E-state index in [0.717, 1.165) is 13.0 Å². The molecule has 0 unspecified atom stereocenters. The van der Waals surface area contributed by atoms with E-state index in [9.17, 15) is 4.79 Å². The predicted molar refractivity (Wildman–Crippen MR) is 81.1 cm³/mol. The topological polar surface area (TPSA) is 46.1 Å². The molecule has 0 N–H and O–H groups in total. The lowest BCUT2D eigenvalue weighted by Crippen LogP contribution is -2.34. The number of benzene rings is 1. The summed E-state index contributed by atoms with van der Waals surface area (Å²) < 4.78 is 0. The van der Waals surface area contributed by atoms with Crippen molar-refractivity contribution in [2.24, 2.45) is 0 Å². The first-order valence-electron chi connectivity index (χ1n) is 7.29. The number of aromatic nitrogens is 2. The second kappa shape index (κ2) is 5.64. The van der Waals surface area contributed by atoms with Gasteiger partial charge in [0.1, 0.15) is 0 Å². The molecule has 0 aliphatic carbocycles. The van der Waals surface area contributed by atoms with Gasteiger partial charge in [-0.1, -0.05) is 29.8 Å². The van der Waals surface area contributed by atoms with E-state index in [4.69, 9.17) is 0 Å². The van der Waals surface area contributed by atoms with Crippen LogP contribution in [0.3, 0.4) is 0 Å². The van der Waals surface area contributed by atoms with Crippen LogP contribution >= 0.6 is 0 Å². The number of aryl methyl sites for hydroxylation is 1. The Hall–Kier alpha value is -2.23. The van der Waals surface area contributed by atoms with Gasteiger partial charge < -0.3 is 4.90 Å². The van der Waals surface area contributed by atoms with E-state index in [1.165, 1.54) is 17.3 Å². The first-order valence-corrected chi connectivity index (χ1v) is 7.29. The van der Waals surface area contributed by atoms with Crippen molar-refractivity contribution in [3.05, 3.63) is 59.4 Å². The maximum atomic E-state index is 12.5. The Morgan fingerprint density at radius 3 is 2.62 bits per heavy atom. The Balaban J connectivity index is 1.77. The normalized spacial score (nSPS) is 21.5. The fraction of sp³-hybridized carbons (Fsp3) is 0.353. The molecule has 1 fully saturated rings. The van der Waals surface area contributed by atoms with Gasteiger partial charge in [-0.3, -0.25) is 4.79 Å². The van der Waals surface area contributed by atoms with E-state index >= 15 is 0 Å². The highest BCUT2D eigenvalue weighted by Crippen LogP contribution is 2.32. The van der Waals surface area contributed by atoms with E-state index < -0.39 is 0 Å². The molecule has 1 aliphatic heterocycles. The molecule has 0 saturated carbocycles. The monoisotopic (exact) mass is 281 g/mol. The molecule has 21 heavy (non-hydrogen) atoms. The lowest BCUT2D eigenvalue weighted by molar-refractivity contribution is 0.0745. The van der Waals surface area contributed by atoms with Gasteiger partial charge in [0.2, 0.25) is 0 Å². The van der Waals surface area contributed by atoms with Gasteiger partial charge in [-0.2, -0.15) is 10.2 Å². The molecule has 3 rings (SSSR count). The fourth-order valence-electron chi connectivity index (χ4n) is 2.98. The van der Waals surface area contributed by atoms with E-state index in [2.05, 4.69) is 48.3 Å². The molecule has 1 amide bonds. The molecule has 1 aliphatic rings. The van der Waals surface area contributed by atoms with Crippen molar-refractivity contribution < 1.29 is 4.79 Å². The molecule has 2 atom stereocenters. The fourth-order valence-corrected chi connectivity index (χ4v) is 2.98. The summed E-state index contributed by atoms with van der Waals surface area (Å²) in [6, 6.07) is 10.6. The standard InChI is InChI=1S/C17H19N3O/c1-12-3-5-14(6-4-12)16-9-13(2)20(11-16)17(21)15-7-8-18-19-10-15/h3-8,10,13,16H,9,11H2,1-2H3/t13-,16-/m1/s1. The Morgan fingerprint density at radius 2 is 1.95 bits per heavy atom. The predicted octanol–water partition coefficient (Wildman–Crippen LogP) is 2.80. The second-order valence-corrected chi connectivity index (χ2v) is 5.78. The van der Waals surface area contributed by atoms with Crippen LogP contribution < -0.4 is 0 Å². The van der Waals surface area contributed by atoms with E-state index in [-0.39, 0.29) is 11.9 Å². The summed E-state index contributed by atoms with van der Waals surface area (Å²) in [7, 11) is 0. The minimum atomic E-state index is 0.0482. The lowest BCUT2D eigenvalue weighted by Gasteiger charge is -2.21. The van der Waals surface area contributed by atoms with Crippen LogP contribution in [0.5, 0.6) is 0 Å². The minimum absolute atomic E-state index is 0.0482. The van der Waals surface area contributed by atoms with Crippen molar-refractivity contribution in [3.63, 3.8) is 0 Å². The highest BCUT2D eigenvalue weighted by molar-refractivity contribution is 5.94. The molecule has 1 aromatic heterocycles. The molecule has 2 heterocycles. The SMILES string of the molecule is Cc1ccc([C@@H]2C[C@@H](C)N(C(=O)c3ccnnc3)C2)cc1. The van der Waals surface area contributed by atoms with E-state index in [1.54, 1.807) is 12.3 Å². The number of hydrogen-bond acceptors (Lipinski definition) is 3. The van der Waals surface area contributed by atoms with E-state index in [0.29, 0.717) is 11.5 Å². The van der Waals surface area contributed by atoms with Crippen molar-refractivity contribution in [2.75, 3.05) is 6.54 Å². The zero-order valence-electron chi connectivity index (χ0n) is 12.4. The zero-order chi connectivity index (χ0) is 14.8. The van der Waals surface area contributed by atoms with E-state index in [1.807, 2.05) is 4.90 Å². The Bertz CT molecular complexity index is 624. The maximum Gasteiger partial charge on any atom is 0.255 e. The van der Waals surface area contributed by atoms with Crippen molar-refractivity contribution in [3.8, 4) is 0 Å². The van der Waals surface area contributed by atoms with Gasteiger partial charge in [0.25, 0.3) is 5.91 Å². The van der Waals surface area contributed by atoms with Gasteiger partial charge in [-0.05, 0) is 31.9 Å². The van der Waals surface area contributed by atoms with Gasteiger partial charge in [-0.25, -0.2) is 0 Å². The van der Waals surface area contributed by atoms with Gasteiger partial charge >= 0.3 is 0 Å². The molecule has 108 valence electrons. The molecule has 0 radical (unpaired) electrons. The van der Waals surface area contributed by atoms with Crippen LogP contribution in [0.4, 0.5) is 0 Å². The highest BCUT2D eigenvalue weighted by atomic mass is 16.2. The lowest BCUT2D eigenvalue weighted by atomic mass is 9.96. The van der Waals surface area contributed by atoms with Gasteiger partial charge in [0.15, 0.2) is 0 Å². The summed E-state index contributed by atoms with van der Waals surface area (Å²) in [6.07, 6.45) is 4.10. The molecule has 0 bridgehead atoms. The van der Waals surface area contributed by atoms with Crippen LogP contribution in [-0.4, -0.2) is 33.6 Å². The van der Waals surface area contributed by atoms with Gasteiger partial charge in [0.05, 0.1) is 18.0 Å². The Labute approximate surface area is 124 Å². The van der Waals surface area contributed by atoms with Crippen LogP contribution in [0.25, 0.3) is 0 Å². The molecular formula is C17H19N3O. The average Bonchev–Trinajstić information content (AvgIpc) is 2.90. The summed E-state index contributed by atoms with van der Waals surface area (Å²) in [5.41, 5.74) is 3.19. The van der Waals surface area contributed by atoms with Crippen LogP contribution in [0.15, 0.2) is 42.7 Å². The van der Waals surface area contributed by atoms with Gasteiger partial charge in [-0.15, -0.1) is 0 Å². The summed E-state index contributed by atoms with van der Waals surface area (Å²) in [6.45, 7) is 4.97. The van der Waals surface area contributed by atoms with Crippen molar-refractivity contribution in [2.45, 2.75) is 32.2 Å². The van der Waals surface area contributed by atoms with Crippen LogP contribution in [0, 0.1) is 6.92 Å². The molecular weight excluding hydrogens is 262 g/mol. The minimum Gasteiger partial charge on any atom is -0.335 e. The first kappa shape index (κ1) is 13.7. The zero-order valence-corrected chi connectivity index (χ0v) is 12.4. The third kappa shape index (κ3) is 2.79. The average molecular weight is 281 g/mol. The number of nitrogens with zero attached hydrogens (tertiary/aromatic N) is 3. The molecule has 1 saturated heterocycles. The molecule has 4 nitrogen and oxygen atoms in total.